The summed E-state index contributed by atoms with van der Waals surface area (Å²) in [4.78, 5) is 0. The van der Waals surface area contributed by atoms with E-state index in [9.17, 15) is 22.0 Å². The molecule has 0 fully saturated rings. The van der Waals surface area contributed by atoms with Gasteiger partial charge in [0.1, 0.15) is 0 Å². The van der Waals surface area contributed by atoms with Gasteiger partial charge >= 0.3 is 0 Å². The molecule has 6 heteroatoms. The molecule has 0 aromatic heterocycles. The molecular weight excluding hydrogens is 231 g/mol. The minimum Gasteiger partial charge on any atom is -0.389 e. The van der Waals surface area contributed by atoms with Gasteiger partial charge in [0.05, 0.1) is 11.7 Å². The van der Waals surface area contributed by atoms with Crippen LogP contribution in [0.3, 0.4) is 0 Å². The van der Waals surface area contributed by atoms with Gasteiger partial charge in [0.2, 0.25) is 5.82 Å². The highest BCUT2D eigenvalue weighted by Crippen LogP contribution is 2.23. The molecule has 0 aliphatic heterocycles. The van der Waals surface area contributed by atoms with Crippen molar-refractivity contribution < 1.29 is 27.1 Å². The molecule has 1 rings (SSSR count). The fourth-order valence-corrected chi connectivity index (χ4v) is 1.00. The first kappa shape index (κ1) is 12.6. The Bertz CT molecular complexity index is 410. The van der Waals surface area contributed by atoms with Gasteiger partial charge in [0.25, 0.3) is 0 Å². The topological polar surface area (TPSA) is 20.2 Å². The Balaban J connectivity index is 3.40. The number of rotatable bonds is 2. The number of aliphatic hydroxyl groups excluding tert-OH is 1. The molecule has 0 aliphatic carbocycles. The Kier molecular flexibility index (Phi) is 3.64. The Hall–Kier alpha value is -1.43. The maximum Gasteiger partial charge on any atom is 0.200 e. The van der Waals surface area contributed by atoms with Crippen molar-refractivity contribution in [2.45, 2.75) is 13.0 Å². The third-order valence-corrected chi connectivity index (χ3v) is 1.79. The Morgan fingerprint density at radius 3 is 1.62 bits per heavy atom. The average Bonchev–Trinajstić information content (AvgIpc) is 2.23. The molecule has 0 aliphatic rings. The summed E-state index contributed by atoms with van der Waals surface area (Å²) in [6.07, 6.45) is 0.481. The Morgan fingerprint density at radius 2 is 1.25 bits per heavy atom. The predicted octanol–water partition coefficient (Wildman–Crippen LogP) is 2.78. The van der Waals surface area contributed by atoms with E-state index >= 15 is 0 Å². The zero-order chi connectivity index (χ0) is 12.5. The van der Waals surface area contributed by atoms with Gasteiger partial charge in [0.15, 0.2) is 23.3 Å². The van der Waals surface area contributed by atoms with Crippen LogP contribution < -0.4 is 0 Å². The monoisotopic (exact) mass is 238 g/mol. The van der Waals surface area contributed by atoms with E-state index < -0.39 is 40.8 Å². The number of halogens is 5. The molecular formula is C10H7F5O. The molecule has 88 valence electrons. The number of hydrogen-bond donors (Lipinski definition) is 1. The second-order valence-corrected chi connectivity index (χ2v) is 3.08. The number of benzene rings is 1. The largest absolute Gasteiger partial charge is 0.389 e. The van der Waals surface area contributed by atoms with Gasteiger partial charge < -0.3 is 5.11 Å². The van der Waals surface area contributed by atoms with Crippen LogP contribution in [0, 0.1) is 29.1 Å². The van der Waals surface area contributed by atoms with Gasteiger partial charge in [-0.3, -0.25) is 0 Å². The average molecular weight is 238 g/mol. The molecule has 1 aromatic rings. The molecule has 1 N–H and O–H groups in total. The highest BCUT2D eigenvalue weighted by Gasteiger charge is 2.24. The molecule has 0 saturated heterocycles. The van der Waals surface area contributed by atoms with Crippen molar-refractivity contribution in [3.63, 3.8) is 0 Å². The quantitative estimate of drug-likeness (QED) is 0.477. The maximum absolute atomic E-state index is 13.0. The first-order valence-corrected chi connectivity index (χ1v) is 4.24. The van der Waals surface area contributed by atoms with Gasteiger partial charge in [0, 0.05) is 0 Å². The molecule has 0 heterocycles. The van der Waals surface area contributed by atoms with Gasteiger partial charge in [-0.15, -0.1) is 0 Å². The molecule has 0 amide bonds. The van der Waals surface area contributed by atoms with Crippen molar-refractivity contribution in [1.29, 1.82) is 0 Å². The predicted molar refractivity (Wildman–Crippen MR) is 46.9 cm³/mol. The van der Waals surface area contributed by atoms with Crippen LogP contribution in [0.2, 0.25) is 0 Å². The van der Waals surface area contributed by atoms with Crippen molar-refractivity contribution in [2.75, 3.05) is 0 Å². The molecule has 1 aromatic carbocycles. The van der Waals surface area contributed by atoms with E-state index in [0.29, 0.717) is 6.08 Å². The second-order valence-electron chi connectivity index (χ2n) is 3.08. The van der Waals surface area contributed by atoms with Crippen molar-refractivity contribution >= 4 is 6.08 Å². The van der Waals surface area contributed by atoms with E-state index in [2.05, 4.69) is 0 Å². The minimum atomic E-state index is -2.20. The first-order chi connectivity index (χ1) is 7.36. The molecule has 0 spiro atoms. The van der Waals surface area contributed by atoms with Gasteiger partial charge in [-0.2, -0.15) is 0 Å². The molecule has 0 bridgehead atoms. The first-order valence-electron chi connectivity index (χ1n) is 4.24. The third kappa shape index (κ3) is 2.21. The minimum absolute atomic E-state index is 0.640. The van der Waals surface area contributed by atoms with E-state index in [0.717, 1.165) is 6.08 Å². The summed E-state index contributed by atoms with van der Waals surface area (Å²) >= 11 is 0. The van der Waals surface area contributed by atoms with E-state index in [1.807, 2.05) is 0 Å². The van der Waals surface area contributed by atoms with Crippen molar-refractivity contribution in [3.8, 4) is 0 Å². The number of aliphatic hydroxyl groups is 1. The van der Waals surface area contributed by atoms with Crippen LogP contribution in [0.1, 0.15) is 12.5 Å². The summed E-state index contributed by atoms with van der Waals surface area (Å²) in [6.45, 7) is 1.27. The summed E-state index contributed by atoms with van der Waals surface area (Å²) in [5.74, 6) is -10.1. The highest BCUT2D eigenvalue weighted by molar-refractivity contribution is 5.52. The summed E-state index contributed by atoms with van der Waals surface area (Å²) in [7, 11) is 0. The lowest BCUT2D eigenvalue weighted by Crippen LogP contribution is -2.04. The van der Waals surface area contributed by atoms with E-state index in [1.165, 1.54) is 6.92 Å². The zero-order valence-electron chi connectivity index (χ0n) is 8.07. The standard InChI is InChI=1S/C10H7F5O/c1-4(16)2-3-5-6(11)8(13)10(15)9(14)7(5)12/h2-4,16H,1H3/b3-2+. The molecule has 0 radical (unpaired) electrons. The maximum atomic E-state index is 13.0. The van der Waals surface area contributed by atoms with Crippen molar-refractivity contribution in [3.05, 3.63) is 40.7 Å². The van der Waals surface area contributed by atoms with Gasteiger partial charge in [-0.1, -0.05) is 12.2 Å². The Morgan fingerprint density at radius 1 is 0.875 bits per heavy atom. The zero-order valence-corrected chi connectivity index (χ0v) is 8.07. The second kappa shape index (κ2) is 4.61. The summed E-state index contributed by atoms with van der Waals surface area (Å²) in [5.41, 5.74) is -1.07. The highest BCUT2D eigenvalue weighted by atomic mass is 19.2. The van der Waals surface area contributed by atoms with Crippen LogP contribution in [-0.2, 0) is 0 Å². The van der Waals surface area contributed by atoms with Crippen LogP contribution >= 0.6 is 0 Å². The molecule has 1 nitrogen and oxygen atoms in total. The summed E-state index contributed by atoms with van der Waals surface area (Å²) in [5, 5.41) is 8.80. The smallest absolute Gasteiger partial charge is 0.200 e. The van der Waals surface area contributed by atoms with Gasteiger partial charge in [-0.25, -0.2) is 22.0 Å². The van der Waals surface area contributed by atoms with Crippen LogP contribution in [0.4, 0.5) is 22.0 Å². The molecule has 16 heavy (non-hydrogen) atoms. The lowest BCUT2D eigenvalue weighted by atomic mass is 10.1. The van der Waals surface area contributed by atoms with Crippen molar-refractivity contribution in [2.24, 2.45) is 0 Å². The summed E-state index contributed by atoms with van der Waals surface area (Å²) < 4.78 is 63.9. The van der Waals surface area contributed by atoms with Gasteiger partial charge in [-0.05, 0) is 6.92 Å². The van der Waals surface area contributed by atoms with Crippen LogP contribution in [0.15, 0.2) is 6.08 Å². The third-order valence-electron chi connectivity index (χ3n) is 1.79. The van der Waals surface area contributed by atoms with Crippen LogP contribution in [0.25, 0.3) is 6.08 Å². The molecule has 0 saturated carbocycles. The number of hydrogen-bond acceptors (Lipinski definition) is 1. The SMILES string of the molecule is CC(O)/C=C/c1c(F)c(F)c(F)c(F)c1F. The van der Waals surface area contributed by atoms with Crippen LogP contribution in [0.5, 0.6) is 0 Å². The Labute approximate surface area is 87.8 Å². The normalized spacial score (nSPS) is 13.4. The lowest BCUT2D eigenvalue weighted by Gasteiger charge is -2.04. The van der Waals surface area contributed by atoms with Crippen LogP contribution in [-0.4, -0.2) is 11.2 Å². The summed E-state index contributed by atoms with van der Waals surface area (Å²) in [6, 6.07) is 0. The van der Waals surface area contributed by atoms with E-state index in [1.54, 1.807) is 0 Å². The molecule has 1 unspecified atom stereocenters. The van der Waals surface area contributed by atoms with E-state index in [-0.39, 0.29) is 0 Å². The van der Waals surface area contributed by atoms with E-state index in [4.69, 9.17) is 5.11 Å². The lowest BCUT2D eigenvalue weighted by molar-refractivity contribution is 0.245. The van der Waals surface area contributed by atoms with Crippen molar-refractivity contribution in [1.82, 2.24) is 0 Å². The molecule has 1 atom stereocenters. The fourth-order valence-electron chi connectivity index (χ4n) is 1.00. The fraction of sp³-hybridized carbons (Fsp3) is 0.200.